The molecule has 2 nitrogen and oxygen atoms in total. The fourth-order valence-electron chi connectivity index (χ4n) is 2.96. The van der Waals surface area contributed by atoms with Gasteiger partial charge in [-0.3, -0.25) is 0 Å². The fraction of sp³-hybridized carbons (Fsp3) is 1.00. The van der Waals surface area contributed by atoms with Crippen molar-refractivity contribution in [2.75, 3.05) is 12.4 Å². The van der Waals surface area contributed by atoms with Crippen LogP contribution in [0.4, 0.5) is 0 Å². The van der Waals surface area contributed by atoms with E-state index in [-0.39, 0.29) is 5.54 Å². The normalized spacial score (nSPS) is 24.3. The monoisotopic (exact) mass is 271 g/mol. The van der Waals surface area contributed by atoms with Gasteiger partial charge in [0.15, 0.2) is 0 Å². The second-order valence-electron chi connectivity index (χ2n) is 6.09. The van der Waals surface area contributed by atoms with Crippen molar-refractivity contribution in [3.05, 3.63) is 0 Å². The second-order valence-corrected chi connectivity index (χ2v) is 7.50. The summed E-state index contributed by atoms with van der Waals surface area (Å²) in [5, 5.41) is 14.3. The van der Waals surface area contributed by atoms with Crippen molar-refractivity contribution >= 4 is 11.8 Å². The Labute approximate surface area is 116 Å². The van der Waals surface area contributed by atoms with E-state index in [4.69, 9.17) is 0 Å². The molecule has 2 aliphatic rings. The molecule has 0 aromatic carbocycles. The summed E-state index contributed by atoms with van der Waals surface area (Å²) in [5.41, 5.74) is 0.0113. The molecule has 0 radical (unpaired) electrons. The maximum Gasteiger partial charge on any atom is 0.0613 e. The van der Waals surface area contributed by atoms with Crippen molar-refractivity contribution in [3.63, 3.8) is 0 Å². The van der Waals surface area contributed by atoms with Gasteiger partial charge in [0, 0.05) is 16.8 Å². The Hall–Kier alpha value is 0.270. The van der Waals surface area contributed by atoms with E-state index < -0.39 is 0 Å². The molecule has 106 valence electrons. The summed E-state index contributed by atoms with van der Waals surface area (Å²) in [6.45, 7) is 2.50. The molecule has 0 heterocycles. The minimum atomic E-state index is 0.0113. The quantitative estimate of drug-likeness (QED) is 0.631. The van der Waals surface area contributed by atoms with Crippen molar-refractivity contribution in [1.82, 2.24) is 5.32 Å². The van der Waals surface area contributed by atoms with Gasteiger partial charge in [-0.1, -0.05) is 19.8 Å². The van der Waals surface area contributed by atoms with Crippen LogP contribution >= 0.6 is 11.8 Å². The lowest BCUT2D eigenvalue weighted by molar-refractivity contribution is 0.144. The van der Waals surface area contributed by atoms with Gasteiger partial charge >= 0.3 is 0 Å². The molecule has 2 rings (SSSR count). The lowest BCUT2D eigenvalue weighted by atomic mass is 9.91. The highest BCUT2D eigenvalue weighted by atomic mass is 32.2. The number of rotatable bonds is 9. The molecule has 1 atom stereocenters. The minimum absolute atomic E-state index is 0.0113. The average molecular weight is 271 g/mol. The van der Waals surface area contributed by atoms with Crippen LogP contribution in [0.15, 0.2) is 0 Å². The number of aliphatic hydroxyl groups is 1. The average Bonchev–Trinajstić information content (AvgIpc) is 3.05. The van der Waals surface area contributed by atoms with Gasteiger partial charge in [-0.2, -0.15) is 11.8 Å². The van der Waals surface area contributed by atoms with Crippen molar-refractivity contribution in [2.24, 2.45) is 0 Å². The van der Waals surface area contributed by atoms with Gasteiger partial charge in [-0.15, -0.1) is 0 Å². The molecule has 0 spiro atoms. The van der Waals surface area contributed by atoms with Crippen LogP contribution in [-0.4, -0.2) is 34.3 Å². The summed E-state index contributed by atoms with van der Waals surface area (Å²) in [7, 11) is 0. The SMILES string of the molecule is CCC(CO)(CCCSC1CCCC1)NC1CC1. The molecule has 0 aromatic rings. The van der Waals surface area contributed by atoms with E-state index >= 15 is 0 Å². The predicted molar refractivity (Wildman–Crippen MR) is 80.2 cm³/mol. The Morgan fingerprint density at radius 3 is 2.50 bits per heavy atom. The Morgan fingerprint density at radius 1 is 1.22 bits per heavy atom. The Balaban J connectivity index is 1.64. The maximum atomic E-state index is 9.69. The van der Waals surface area contributed by atoms with E-state index in [0.29, 0.717) is 12.6 Å². The summed E-state index contributed by atoms with van der Waals surface area (Å²) < 4.78 is 0. The molecule has 0 bridgehead atoms. The standard InChI is InChI=1S/C15H29NOS/c1-2-15(12-17,16-13-8-9-13)10-5-11-18-14-6-3-4-7-14/h13-14,16-17H,2-12H2,1H3. The first kappa shape index (κ1) is 14.7. The lowest BCUT2D eigenvalue weighted by Crippen LogP contribution is -2.49. The van der Waals surface area contributed by atoms with Gasteiger partial charge in [0.1, 0.15) is 0 Å². The van der Waals surface area contributed by atoms with Gasteiger partial charge in [0.25, 0.3) is 0 Å². The molecular formula is C15H29NOS. The zero-order valence-corrected chi connectivity index (χ0v) is 12.6. The lowest BCUT2D eigenvalue weighted by Gasteiger charge is -2.32. The maximum absolute atomic E-state index is 9.69. The van der Waals surface area contributed by atoms with Crippen molar-refractivity contribution in [3.8, 4) is 0 Å². The zero-order chi connectivity index (χ0) is 12.8. The van der Waals surface area contributed by atoms with E-state index in [9.17, 15) is 5.11 Å². The molecule has 0 amide bonds. The summed E-state index contributed by atoms with van der Waals surface area (Å²) in [6, 6.07) is 0.694. The molecule has 2 saturated carbocycles. The molecular weight excluding hydrogens is 242 g/mol. The molecule has 1 unspecified atom stereocenters. The molecule has 2 N–H and O–H groups in total. The van der Waals surface area contributed by atoms with Crippen molar-refractivity contribution in [2.45, 2.75) is 81.5 Å². The summed E-state index contributed by atoms with van der Waals surface area (Å²) >= 11 is 2.17. The molecule has 2 fully saturated rings. The van der Waals surface area contributed by atoms with Crippen LogP contribution in [0.3, 0.4) is 0 Å². The highest BCUT2D eigenvalue weighted by Gasteiger charge is 2.33. The topological polar surface area (TPSA) is 32.3 Å². The van der Waals surface area contributed by atoms with Gasteiger partial charge < -0.3 is 10.4 Å². The minimum Gasteiger partial charge on any atom is -0.394 e. The predicted octanol–water partition coefficient (Wildman–Crippen LogP) is 3.34. The Bertz CT molecular complexity index is 233. The van der Waals surface area contributed by atoms with Crippen LogP contribution in [0.5, 0.6) is 0 Å². The molecule has 18 heavy (non-hydrogen) atoms. The van der Waals surface area contributed by atoms with E-state index in [1.165, 1.54) is 50.7 Å². The largest absolute Gasteiger partial charge is 0.394 e. The summed E-state index contributed by atoms with van der Waals surface area (Å²) in [6.07, 6.45) is 11.8. The van der Waals surface area contributed by atoms with Gasteiger partial charge in [0.05, 0.1) is 6.61 Å². The first-order chi connectivity index (χ1) is 8.78. The first-order valence-electron chi connectivity index (χ1n) is 7.78. The number of aliphatic hydroxyl groups excluding tert-OH is 1. The van der Waals surface area contributed by atoms with Gasteiger partial charge in [-0.25, -0.2) is 0 Å². The van der Waals surface area contributed by atoms with Crippen molar-refractivity contribution in [1.29, 1.82) is 0 Å². The Kier molecular flexibility index (Phi) is 5.84. The van der Waals surface area contributed by atoms with Crippen LogP contribution in [-0.2, 0) is 0 Å². The summed E-state index contributed by atoms with van der Waals surface area (Å²) in [4.78, 5) is 0. The smallest absolute Gasteiger partial charge is 0.0613 e. The second kappa shape index (κ2) is 7.16. The van der Waals surface area contributed by atoms with Crippen LogP contribution < -0.4 is 5.32 Å². The van der Waals surface area contributed by atoms with Crippen LogP contribution in [0.25, 0.3) is 0 Å². The van der Waals surface area contributed by atoms with Gasteiger partial charge in [-0.05, 0) is 50.7 Å². The first-order valence-corrected chi connectivity index (χ1v) is 8.83. The molecule has 0 saturated heterocycles. The van der Waals surface area contributed by atoms with E-state index in [2.05, 4.69) is 24.0 Å². The van der Waals surface area contributed by atoms with Gasteiger partial charge in [0.2, 0.25) is 0 Å². The zero-order valence-electron chi connectivity index (χ0n) is 11.8. The van der Waals surface area contributed by atoms with Crippen LogP contribution in [0.2, 0.25) is 0 Å². The van der Waals surface area contributed by atoms with Crippen molar-refractivity contribution < 1.29 is 5.11 Å². The molecule has 0 aromatic heterocycles. The Morgan fingerprint density at radius 2 is 1.94 bits per heavy atom. The van der Waals surface area contributed by atoms with E-state index in [1.54, 1.807) is 0 Å². The third-order valence-corrected chi connectivity index (χ3v) is 5.99. The molecule has 0 aliphatic heterocycles. The molecule has 2 aliphatic carbocycles. The number of hydrogen-bond donors (Lipinski definition) is 2. The van der Waals surface area contributed by atoms with E-state index in [0.717, 1.165) is 18.1 Å². The fourth-order valence-corrected chi connectivity index (χ4v) is 4.27. The highest BCUT2D eigenvalue weighted by molar-refractivity contribution is 7.99. The van der Waals surface area contributed by atoms with Crippen LogP contribution in [0.1, 0.15) is 64.7 Å². The summed E-state index contributed by atoms with van der Waals surface area (Å²) in [5.74, 6) is 1.28. The molecule has 3 heteroatoms. The number of nitrogens with one attached hydrogen (secondary N) is 1. The van der Waals surface area contributed by atoms with E-state index in [1.807, 2.05) is 0 Å². The van der Waals surface area contributed by atoms with Crippen LogP contribution in [0, 0.1) is 0 Å². The number of thioether (sulfide) groups is 1. The third-order valence-electron chi connectivity index (χ3n) is 4.52. The highest BCUT2D eigenvalue weighted by Crippen LogP contribution is 2.31. The number of hydrogen-bond acceptors (Lipinski definition) is 3. The third kappa shape index (κ3) is 4.43.